The summed E-state index contributed by atoms with van der Waals surface area (Å²) in [7, 11) is 3.92. The maximum Gasteiger partial charge on any atom is 0.273 e. The zero-order valence-corrected chi connectivity index (χ0v) is 13.1. The Balaban J connectivity index is 1.93. The summed E-state index contributed by atoms with van der Waals surface area (Å²) in [4.78, 5) is 27.3. The van der Waals surface area contributed by atoms with Crippen LogP contribution in [0.25, 0.3) is 0 Å². The lowest BCUT2D eigenvalue weighted by Crippen LogP contribution is -2.27. The molecule has 0 aliphatic rings. The molecule has 3 N–H and O–H groups in total. The Morgan fingerprint density at radius 3 is 2.71 bits per heavy atom. The van der Waals surface area contributed by atoms with Crippen molar-refractivity contribution in [3.8, 4) is 0 Å². The van der Waals surface area contributed by atoms with Crippen LogP contribution in [0.4, 0.5) is 10.9 Å². The summed E-state index contributed by atoms with van der Waals surface area (Å²) in [5, 5.41) is 3.76. The van der Waals surface area contributed by atoms with E-state index < -0.39 is 0 Å². The quantitative estimate of drug-likeness (QED) is 0.850. The van der Waals surface area contributed by atoms with Crippen molar-refractivity contribution >= 4 is 28.2 Å². The number of nitrogens with two attached hydrogens (primary N) is 1. The molecule has 0 saturated carbocycles. The molecule has 2 aromatic rings. The third-order valence-corrected chi connectivity index (χ3v) is 4.23. The van der Waals surface area contributed by atoms with Crippen LogP contribution in [-0.2, 0) is 6.42 Å². The van der Waals surface area contributed by atoms with Crippen LogP contribution >= 0.6 is 11.3 Å². The lowest BCUT2D eigenvalue weighted by Gasteiger charge is -2.06. The van der Waals surface area contributed by atoms with E-state index in [1.165, 1.54) is 12.4 Å². The standard InChI is InChI=1S/C13H18N6OS/c1-8-9(21-13(18-8)19(2)3)4-5-17-12(20)10-11(14)16-7-6-15-10/h6-7H,4-5H2,1-3H3,(H2,14,16)(H,17,20). The summed E-state index contributed by atoms with van der Waals surface area (Å²) < 4.78 is 0. The summed E-state index contributed by atoms with van der Waals surface area (Å²) >= 11 is 1.63. The van der Waals surface area contributed by atoms with Crippen molar-refractivity contribution in [2.24, 2.45) is 0 Å². The number of nitrogens with one attached hydrogen (secondary N) is 1. The Labute approximate surface area is 127 Å². The van der Waals surface area contributed by atoms with Crippen molar-refractivity contribution in [3.63, 3.8) is 0 Å². The molecule has 2 aromatic heterocycles. The van der Waals surface area contributed by atoms with Gasteiger partial charge in [0.15, 0.2) is 16.6 Å². The minimum Gasteiger partial charge on any atom is -0.382 e. The highest BCUT2D eigenvalue weighted by Crippen LogP contribution is 2.24. The summed E-state index contributed by atoms with van der Waals surface area (Å²) in [6.07, 6.45) is 3.63. The van der Waals surface area contributed by atoms with Crippen molar-refractivity contribution in [2.45, 2.75) is 13.3 Å². The Bertz CT molecular complexity index is 639. The predicted molar refractivity (Wildman–Crippen MR) is 83.7 cm³/mol. The van der Waals surface area contributed by atoms with E-state index in [-0.39, 0.29) is 17.4 Å². The average Bonchev–Trinajstić information content (AvgIpc) is 2.81. The van der Waals surface area contributed by atoms with Gasteiger partial charge in [-0.15, -0.1) is 11.3 Å². The fourth-order valence-electron chi connectivity index (χ4n) is 1.73. The van der Waals surface area contributed by atoms with Gasteiger partial charge in [0, 0.05) is 44.3 Å². The van der Waals surface area contributed by atoms with Crippen LogP contribution in [0, 0.1) is 6.92 Å². The minimum absolute atomic E-state index is 0.138. The fraction of sp³-hybridized carbons (Fsp3) is 0.385. The van der Waals surface area contributed by atoms with E-state index in [4.69, 9.17) is 5.73 Å². The number of hydrogen-bond donors (Lipinski definition) is 2. The summed E-state index contributed by atoms with van der Waals surface area (Å²) in [5.74, 6) is -0.172. The molecule has 0 aliphatic carbocycles. The summed E-state index contributed by atoms with van der Waals surface area (Å²) in [5.41, 5.74) is 6.77. The number of aromatic nitrogens is 3. The molecule has 21 heavy (non-hydrogen) atoms. The highest BCUT2D eigenvalue weighted by molar-refractivity contribution is 7.15. The number of amides is 1. The van der Waals surface area contributed by atoms with Crippen LogP contribution in [0.15, 0.2) is 12.4 Å². The predicted octanol–water partition coefficient (Wildman–Crippen LogP) is 0.862. The maximum absolute atomic E-state index is 11.9. The molecule has 1 amide bonds. The van der Waals surface area contributed by atoms with Gasteiger partial charge in [0.1, 0.15) is 0 Å². The van der Waals surface area contributed by atoms with Crippen molar-refractivity contribution in [3.05, 3.63) is 28.7 Å². The van der Waals surface area contributed by atoms with E-state index in [9.17, 15) is 4.79 Å². The van der Waals surface area contributed by atoms with Crippen LogP contribution in [0.3, 0.4) is 0 Å². The van der Waals surface area contributed by atoms with E-state index in [2.05, 4.69) is 20.3 Å². The highest BCUT2D eigenvalue weighted by Gasteiger charge is 2.13. The number of hydrogen-bond acceptors (Lipinski definition) is 7. The van der Waals surface area contributed by atoms with Gasteiger partial charge in [-0.3, -0.25) is 4.79 Å². The summed E-state index contributed by atoms with van der Waals surface area (Å²) in [6, 6.07) is 0. The normalized spacial score (nSPS) is 10.4. The molecule has 0 atom stereocenters. The van der Waals surface area contributed by atoms with Crippen LogP contribution in [0.1, 0.15) is 21.1 Å². The number of anilines is 2. The molecule has 0 unspecified atom stereocenters. The molecule has 0 radical (unpaired) electrons. The molecule has 112 valence electrons. The van der Waals surface area contributed by atoms with Crippen molar-refractivity contribution in [2.75, 3.05) is 31.3 Å². The van der Waals surface area contributed by atoms with Gasteiger partial charge in [-0.25, -0.2) is 15.0 Å². The first-order valence-corrected chi connectivity index (χ1v) is 7.29. The van der Waals surface area contributed by atoms with Gasteiger partial charge < -0.3 is 16.0 Å². The van der Waals surface area contributed by atoms with Crippen LogP contribution in [0.5, 0.6) is 0 Å². The molecule has 7 nitrogen and oxygen atoms in total. The van der Waals surface area contributed by atoms with Crippen molar-refractivity contribution < 1.29 is 4.79 Å². The van der Waals surface area contributed by atoms with E-state index in [1.54, 1.807) is 11.3 Å². The van der Waals surface area contributed by atoms with Crippen LogP contribution in [0.2, 0.25) is 0 Å². The number of carbonyl (C=O) groups excluding carboxylic acids is 1. The number of nitrogen functional groups attached to an aromatic ring is 1. The minimum atomic E-state index is -0.310. The van der Waals surface area contributed by atoms with Gasteiger partial charge in [0.05, 0.1) is 5.69 Å². The Morgan fingerprint density at radius 1 is 1.38 bits per heavy atom. The van der Waals surface area contributed by atoms with Crippen molar-refractivity contribution in [1.29, 1.82) is 0 Å². The first-order valence-electron chi connectivity index (χ1n) is 6.47. The maximum atomic E-state index is 11.9. The second kappa shape index (κ2) is 6.49. The second-order valence-electron chi connectivity index (χ2n) is 4.70. The van der Waals surface area contributed by atoms with Crippen molar-refractivity contribution in [1.82, 2.24) is 20.3 Å². The lowest BCUT2D eigenvalue weighted by atomic mass is 10.3. The molecule has 0 saturated heterocycles. The number of carbonyl (C=O) groups is 1. The van der Waals surface area contributed by atoms with Gasteiger partial charge in [0.2, 0.25) is 0 Å². The third kappa shape index (κ3) is 3.66. The lowest BCUT2D eigenvalue weighted by molar-refractivity contribution is 0.0950. The van der Waals surface area contributed by atoms with Gasteiger partial charge in [-0.1, -0.05) is 0 Å². The van der Waals surface area contributed by atoms with Gasteiger partial charge in [-0.2, -0.15) is 0 Å². The average molecular weight is 306 g/mol. The number of thiazole rings is 1. The van der Waals surface area contributed by atoms with E-state index >= 15 is 0 Å². The number of nitrogens with zero attached hydrogens (tertiary/aromatic N) is 4. The van der Waals surface area contributed by atoms with Crippen LogP contribution in [-0.4, -0.2) is 41.5 Å². The SMILES string of the molecule is Cc1nc(N(C)C)sc1CCNC(=O)c1nccnc1N. The zero-order chi connectivity index (χ0) is 15.4. The fourth-order valence-corrected chi connectivity index (χ4v) is 2.72. The zero-order valence-electron chi connectivity index (χ0n) is 12.3. The smallest absolute Gasteiger partial charge is 0.273 e. The molecule has 0 fully saturated rings. The third-order valence-electron chi connectivity index (χ3n) is 2.84. The number of aryl methyl sites for hydroxylation is 1. The number of rotatable bonds is 5. The van der Waals surface area contributed by atoms with E-state index in [0.29, 0.717) is 6.54 Å². The molecule has 0 aromatic carbocycles. The molecule has 2 heterocycles. The Kier molecular flexibility index (Phi) is 4.69. The Hall–Kier alpha value is -2.22. The Morgan fingerprint density at radius 2 is 2.10 bits per heavy atom. The molecule has 0 spiro atoms. The van der Waals surface area contributed by atoms with Gasteiger partial charge in [-0.05, 0) is 6.92 Å². The van der Waals surface area contributed by atoms with Gasteiger partial charge >= 0.3 is 0 Å². The van der Waals surface area contributed by atoms with Crippen LogP contribution < -0.4 is 16.0 Å². The highest BCUT2D eigenvalue weighted by atomic mass is 32.1. The first kappa shape index (κ1) is 15.2. The molecule has 0 aliphatic heterocycles. The molecule has 8 heteroatoms. The second-order valence-corrected chi connectivity index (χ2v) is 5.76. The van der Waals surface area contributed by atoms with E-state index in [1.807, 2.05) is 25.9 Å². The molecule has 2 rings (SSSR count). The monoisotopic (exact) mass is 306 g/mol. The topological polar surface area (TPSA) is 97.0 Å². The largest absolute Gasteiger partial charge is 0.382 e. The molecular weight excluding hydrogens is 288 g/mol. The van der Waals surface area contributed by atoms with E-state index in [0.717, 1.165) is 22.1 Å². The van der Waals surface area contributed by atoms with Gasteiger partial charge in [0.25, 0.3) is 5.91 Å². The summed E-state index contributed by atoms with van der Waals surface area (Å²) in [6.45, 7) is 2.48. The molecular formula is C13H18N6OS. The molecule has 0 bridgehead atoms. The first-order chi connectivity index (χ1) is 9.99.